The maximum absolute atomic E-state index is 12.5. The van der Waals surface area contributed by atoms with Crippen LogP contribution in [0.1, 0.15) is 56.5 Å². The molecule has 2 amide bonds. The van der Waals surface area contributed by atoms with E-state index >= 15 is 0 Å². The molecule has 2 heterocycles. The van der Waals surface area contributed by atoms with Gasteiger partial charge < -0.3 is 4.84 Å². The number of amides is 2. The predicted octanol–water partition coefficient (Wildman–Crippen LogP) is 2.56. The Bertz CT molecular complexity index is 837. The van der Waals surface area contributed by atoms with Gasteiger partial charge in [0.2, 0.25) is 0 Å². The van der Waals surface area contributed by atoms with E-state index < -0.39 is 17.8 Å². The van der Waals surface area contributed by atoms with Crippen LogP contribution in [0.4, 0.5) is 0 Å². The van der Waals surface area contributed by atoms with Crippen molar-refractivity contribution in [2.75, 3.05) is 0 Å². The van der Waals surface area contributed by atoms with Gasteiger partial charge in [0.15, 0.2) is 0 Å². The van der Waals surface area contributed by atoms with Crippen LogP contribution in [-0.4, -0.2) is 32.6 Å². The summed E-state index contributed by atoms with van der Waals surface area (Å²) in [6.45, 7) is 3.69. The Morgan fingerprint density at radius 3 is 2.21 bits per heavy atom. The molecule has 2 aromatic rings. The van der Waals surface area contributed by atoms with Crippen molar-refractivity contribution >= 4 is 29.4 Å². The van der Waals surface area contributed by atoms with Gasteiger partial charge >= 0.3 is 5.97 Å². The summed E-state index contributed by atoms with van der Waals surface area (Å²) in [5.41, 5.74) is 0.864. The van der Waals surface area contributed by atoms with Crippen LogP contribution in [0.5, 0.6) is 0 Å². The Hall–Kier alpha value is -2.67. The highest BCUT2D eigenvalue weighted by molar-refractivity contribution is 6.33. The first-order chi connectivity index (χ1) is 11.3. The number of rotatable bonds is 3. The summed E-state index contributed by atoms with van der Waals surface area (Å²) in [5, 5.41) is 4.72. The van der Waals surface area contributed by atoms with E-state index in [2.05, 4.69) is 5.10 Å². The number of carbonyl (C=O) groups excluding carboxylic acids is 3. The molecule has 0 N–H and O–H groups in total. The molecule has 0 spiro atoms. The largest absolute Gasteiger partial charge is 0.368 e. The average molecular weight is 348 g/mol. The smallest absolute Gasteiger partial charge is 0.324 e. The third kappa shape index (κ3) is 2.37. The van der Waals surface area contributed by atoms with Gasteiger partial charge in [-0.3, -0.25) is 14.3 Å². The fourth-order valence-electron chi connectivity index (χ4n) is 2.49. The van der Waals surface area contributed by atoms with E-state index in [1.54, 1.807) is 19.2 Å². The molecule has 0 saturated heterocycles. The molecule has 3 rings (SSSR count). The number of hydrogen-bond acceptors (Lipinski definition) is 5. The number of hydroxylamine groups is 2. The topological polar surface area (TPSA) is 81.5 Å². The summed E-state index contributed by atoms with van der Waals surface area (Å²) in [4.78, 5) is 42.1. The number of carbonyl (C=O) groups is 3. The van der Waals surface area contributed by atoms with Gasteiger partial charge in [0.05, 0.1) is 16.8 Å². The second kappa shape index (κ2) is 5.76. The minimum absolute atomic E-state index is 0.0470. The maximum atomic E-state index is 12.5. The van der Waals surface area contributed by atoms with E-state index in [1.807, 2.05) is 13.8 Å². The monoisotopic (exact) mass is 347 g/mol. The molecule has 24 heavy (non-hydrogen) atoms. The SMILES string of the molecule is CC(C)c1nn(C)c(Cl)c1C(=O)ON1C(=O)c2ccccc2C1=O. The maximum Gasteiger partial charge on any atom is 0.368 e. The minimum atomic E-state index is -0.897. The van der Waals surface area contributed by atoms with Crippen molar-refractivity contribution < 1.29 is 19.2 Å². The summed E-state index contributed by atoms with van der Waals surface area (Å²) >= 11 is 6.11. The Morgan fingerprint density at radius 2 is 1.71 bits per heavy atom. The molecular weight excluding hydrogens is 334 g/mol. The molecular formula is C16H14ClN3O4. The lowest BCUT2D eigenvalue weighted by atomic mass is 10.1. The van der Waals surface area contributed by atoms with E-state index in [0.717, 1.165) is 0 Å². The van der Waals surface area contributed by atoms with E-state index in [0.29, 0.717) is 10.8 Å². The van der Waals surface area contributed by atoms with E-state index in [1.165, 1.54) is 16.8 Å². The first-order valence-corrected chi connectivity index (χ1v) is 7.63. The summed E-state index contributed by atoms with van der Waals surface area (Å²) < 4.78 is 1.34. The number of hydrogen-bond donors (Lipinski definition) is 0. The molecule has 124 valence electrons. The van der Waals surface area contributed by atoms with Crippen LogP contribution in [0.3, 0.4) is 0 Å². The third-order valence-electron chi connectivity index (χ3n) is 3.69. The fourth-order valence-corrected chi connectivity index (χ4v) is 2.71. The van der Waals surface area contributed by atoms with Crippen molar-refractivity contribution in [1.82, 2.24) is 14.8 Å². The number of aryl methyl sites for hydroxylation is 1. The van der Waals surface area contributed by atoms with Gasteiger partial charge in [-0.15, -0.1) is 0 Å². The number of halogens is 1. The summed E-state index contributed by atoms with van der Waals surface area (Å²) in [7, 11) is 1.59. The number of nitrogens with zero attached hydrogens (tertiary/aromatic N) is 3. The molecule has 0 fully saturated rings. The Labute approximate surface area is 142 Å². The van der Waals surface area contributed by atoms with E-state index in [9.17, 15) is 14.4 Å². The predicted molar refractivity (Wildman–Crippen MR) is 84.7 cm³/mol. The van der Waals surface area contributed by atoms with Gasteiger partial charge in [0.25, 0.3) is 11.8 Å². The lowest BCUT2D eigenvalue weighted by Crippen LogP contribution is -2.33. The highest BCUT2D eigenvalue weighted by Gasteiger charge is 2.40. The molecule has 1 aliphatic rings. The van der Waals surface area contributed by atoms with Gasteiger partial charge in [-0.2, -0.15) is 5.10 Å². The first kappa shape index (κ1) is 16.2. The molecule has 0 unspecified atom stereocenters. The average Bonchev–Trinajstić information content (AvgIpc) is 2.98. The quantitative estimate of drug-likeness (QED) is 0.797. The second-order valence-corrected chi connectivity index (χ2v) is 6.02. The van der Waals surface area contributed by atoms with Gasteiger partial charge in [-0.1, -0.05) is 42.6 Å². The lowest BCUT2D eigenvalue weighted by molar-refractivity contribution is -0.0585. The zero-order valence-electron chi connectivity index (χ0n) is 13.2. The fraction of sp³-hybridized carbons (Fsp3) is 0.250. The summed E-state index contributed by atoms with van der Waals surface area (Å²) in [6.07, 6.45) is 0. The van der Waals surface area contributed by atoms with Crippen molar-refractivity contribution in [3.63, 3.8) is 0 Å². The molecule has 1 aliphatic heterocycles. The Kier molecular flexibility index (Phi) is 3.88. The number of fused-ring (bicyclic) bond motifs is 1. The van der Waals surface area contributed by atoms with Crippen molar-refractivity contribution in [2.24, 2.45) is 7.05 Å². The lowest BCUT2D eigenvalue weighted by Gasteiger charge is -2.13. The van der Waals surface area contributed by atoms with Crippen molar-refractivity contribution in [3.05, 3.63) is 51.8 Å². The van der Waals surface area contributed by atoms with Crippen LogP contribution >= 0.6 is 11.6 Å². The van der Waals surface area contributed by atoms with E-state index in [4.69, 9.17) is 16.4 Å². The standard InChI is InChI=1S/C16H14ClN3O4/c1-8(2)12-11(13(17)19(3)18-12)16(23)24-20-14(21)9-6-4-5-7-10(9)15(20)22/h4-8H,1-3H3. The minimum Gasteiger partial charge on any atom is -0.324 e. The van der Waals surface area contributed by atoms with Crippen molar-refractivity contribution in [1.29, 1.82) is 0 Å². The molecule has 8 heteroatoms. The molecule has 0 bridgehead atoms. The van der Waals surface area contributed by atoms with Gasteiger partial charge in [-0.25, -0.2) is 4.79 Å². The molecule has 0 radical (unpaired) electrons. The Morgan fingerprint density at radius 1 is 1.17 bits per heavy atom. The van der Waals surface area contributed by atoms with Gasteiger partial charge in [0.1, 0.15) is 10.7 Å². The van der Waals surface area contributed by atoms with Crippen molar-refractivity contribution in [2.45, 2.75) is 19.8 Å². The van der Waals surface area contributed by atoms with Gasteiger partial charge in [0, 0.05) is 7.05 Å². The van der Waals surface area contributed by atoms with Crippen LogP contribution in [0.2, 0.25) is 5.15 Å². The van der Waals surface area contributed by atoms with E-state index in [-0.39, 0.29) is 27.8 Å². The number of benzene rings is 1. The van der Waals surface area contributed by atoms with Gasteiger partial charge in [-0.05, 0) is 18.1 Å². The zero-order valence-corrected chi connectivity index (χ0v) is 14.0. The molecule has 1 aromatic heterocycles. The highest BCUT2D eigenvalue weighted by Crippen LogP contribution is 2.28. The second-order valence-electron chi connectivity index (χ2n) is 5.66. The summed E-state index contributed by atoms with van der Waals surface area (Å²) in [5.74, 6) is -2.36. The van der Waals surface area contributed by atoms with Crippen molar-refractivity contribution in [3.8, 4) is 0 Å². The normalized spacial score (nSPS) is 13.6. The first-order valence-electron chi connectivity index (χ1n) is 7.25. The van der Waals surface area contributed by atoms with Crippen LogP contribution in [0.25, 0.3) is 0 Å². The molecule has 0 atom stereocenters. The highest BCUT2D eigenvalue weighted by atomic mass is 35.5. The third-order valence-corrected chi connectivity index (χ3v) is 4.12. The van der Waals surface area contributed by atoms with Crippen LogP contribution in [0, 0.1) is 0 Å². The molecule has 0 saturated carbocycles. The molecule has 7 nitrogen and oxygen atoms in total. The molecule has 1 aromatic carbocycles. The Balaban J connectivity index is 1.93. The number of imide groups is 1. The van der Waals surface area contributed by atoms with Crippen LogP contribution < -0.4 is 0 Å². The molecule has 0 aliphatic carbocycles. The van der Waals surface area contributed by atoms with Crippen LogP contribution in [-0.2, 0) is 11.9 Å². The number of aromatic nitrogens is 2. The zero-order chi connectivity index (χ0) is 17.6. The summed E-state index contributed by atoms with van der Waals surface area (Å²) in [6, 6.07) is 6.26. The van der Waals surface area contributed by atoms with Crippen LogP contribution in [0.15, 0.2) is 24.3 Å².